The van der Waals surface area contributed by atoms with Gasteiger partial charge in [0.2, 0.25) is 0 Å². The maximum atomic E-state index is 12.0. The van der Waals surface area contributed by atoms with Gasteiger partial charge in [-0.3, -0.25) is 4.79 Å². The first-order valence-electron chi connectivity index (χ1n) is 6.38. The highest BCUT2D eigenvalue weighted by molar-refractivity contribution is 7.99. The zero-order chi connectivity index (χ0) is 12.8. The van der Waals surface area contributed by atoms with Gasteiger partial charge in [0, 0.05) is 18.8 Å². The van der Waals surface area contributed by atoms with Crippen LogP contribution >= 0.6 is 11.8 Å². The van der Waals surface area contributed by atoms with Crippen LogP contribution in [0.5, 0.6) is 0 Å². The number of nitrogens with zero attached hydrogens (tertiary/aromatic N) is 1. The van der Waals surface area contributed by atoms with Gasteiger partial charge < -0.3 is 10.6 Å². The molecule has 1 fully saturated rings. The van der Waals surface area contributed by atoms with Crippen molar-refractivity contribution < 1.29 is 4.79 Å². The Morgan fingerprint density at radius 1 is 1.44 bits per heavy atom. The summed E-state index contributed by atoms with van der Waals surface area (Å²) in [6.07, 6.45) is 3.77. The van der Waals surface area contributed by atoms with Gasteiger partial charge in [0.05, 0.1) is 5.56 Å². The van der Waals surface area contributed by atoms with Crippen molar-refractivity contribution in [1.82, 2.24) is 10.3 Å². The number of carbonyl (C=O) groups is 1. The van der Waals surface area contributed by atoms with Crippen LogP contribution in [0.2, 0.25) is 0 Å². The minimum absolute atomic E-state index is 0.0116. The van der Waals surface area contributed by atoms with Crippen LogP contribution in [0.4, 0.5) is 5.82 Å². The van der Waals surface area contributed by atoms with E-state index >= 15 is 0 Å². The highest BCUT2D eigenvalue weighted by atomic mass is 32.2. The minimum Gasteiger partial charge on any atom is -0.370 e. The van der Waals surface area contributed by atoms with Gasteiger partial charge in [-0.05, 0) is 43.4 Å². The molecular formula is C13H19N3OS. The fraction of sp³-hybridized carbons (Fsp3) is 0.538. The number of carbonyl (C=O) groups excluding carboxylic acids is 1. The zero-order valence-corrected chi connectivity index (χ0v) is 11.4. The molecule has 0 radical (unpaired) electrons. The summed E-state index contributed by atoms with van der Waals surface area (Å²) in [5, 5.41) is 6.18. The standard InChI is InChI=1S/C13H19N3OS/c1-2-14-12-4-3-10(9-15-12)13(17)16-11-5-7-18-8-6-11/h3-4,9,11H,2,5-8H2,1H3,(H,14,15)(H,16,17). The van der Waals surface area contributed by atoms with Crippen molar-refractivity contribution in [3.05, 3.63) is 23.9 Å². The van der Waals surface area contributed by atoms with Crippen LogP contribution in [-0.4, -0.2) is 35.0 Å². The fourth-order valence-corrected chi connectivity index (χ4v) is 3.03. The Morgan fingerprint density at radius 2 is 2.22 bits per heavy atom. The summed E-state index contributed by atoms with van der Waals surface area (Å²) < 4.78 is 0. The third kappa shape index (κ3) is 3.63. The fourth-order valence-electron chi connectivity index (χ4n) is 1.92. The van der Waals surface area contributed by atoms with Crippen molar-refractivity contribution in [2.24, 2.45) is 0 Å². The van der Waals surface area contributed by atoms with E-state index in [-0.39, 0.29) is 5.91 Å². The Morgan fingerprint density at radius 3 is 2.83 bits per heavy atom. The van der Waals surface area contributed by atoms with E-state index in [4.69, 9.17) is 0 Å². The Hall–Kier alpha value is -1.23. The minimum atomic E-state index is -0.0116. The van der Waals surface area contributed by atoms with Gasteiger partial charge in [-0.2, -0.15) is 11.8 Å². The predicted molar refractivity (Wildman–Crippen MR) is 76.2 cm³/mol. The van der Waals surface area contributed by atoms with E-state index in [0.29, 0.717) is 11.6 Å². The Bertz CT molecular complexity index is 388. The number of hydrogen-bond acceptors (Lipinski definition) is 4. The first-order valence-corrected chi connectivity index (χ1v) is 7.53. The van der Waals surface area contributed by atoms with Gasteiger partial charge in [0.25, 0.3) is 5.91 Å². The first kappa shape index (κ1) is 13.2. The molecule has 1 amide bonds. The second-order valence-corrected chi connectivity index (χ2v) is 5.55. The van der Waals surface area contributed by atoms with Gasteiger partial charge in [-0.1, -0.05) is 0 Å². The lowest BCUT2D eigenvalue weighted by atomic mass is 10.1. The molecule has 0 saturated carbocycles. The third-order valence-corrected chi connectivity index (χ3v) is 3.99. The molecule has 2 heterocycles. The first-order chi connectivity index (χ1) is 8.79. The second-order valence-electron chi connectivity index (χ2n) is 4.32. The molecule has 5 heteroatoms. The van der Waals surface area contributed by atoms with Crippen molar-refractivity contribution in [2.75, 3.05) is 23.4 Å². The van der Waals surface area contributed by atoms with Crippen LogP contribution < -0.4 is 10.6 Å². The molecule has 1 aliphatic heterocycles. The SMILES string of the molecule is CCNc1ccc(C(=O)NC2CCSCC2)cn1. The molecule has 98 valence electrons. The molecule has 0 aliphatic carbocycles. The molecule has 1 saturated heterocycles. The summed E-state index contributed by atoms with van der Waals surface area (Å²) in [6.45, 7) is 2.85. The average Bonchev–Trinajstić information content (AvgIpc) is 2.41. The zero-order valence-electron chi connectivity index (χ0n) is 10.6. The number of aromatic nitrogens is 1. The topological polar surface area (TPSA) is 54.0 Å². The van der Waals surface area contributed by atoms with Gasteiger partial charge in [0.1, 0.15) is 5.82 Å². The number of nitrogens with one attached hydrogen (secondary N) is 2. The van der Waals surface area contributed by atoms with Crippen molar-refractivity contribution in [3.8, 4) is 0 Å². The van der Waals surface area contributed by atoms with Crippen LogP contribution in [0.15, 0.2) is 18.3 Å². The van der Waals surface area contributed by atoms with Crippen LogP contribution in [0.25, 0.3) is 0 Å². The molecule has 1 aromatic heterocycles. The molecule has 0 atom stereocenters. The van der Waals surface area contributed by atoms with E-state index in [1.165, 1.54) is 0 Å². The second kappa shape index (κ2) is 6.64. The summed E-state index contributed by atoms with van der Waals surface area (Å²) in [7, 11) is 0. The van der Waals surface area contributed by atoms with E-state index in [1.807, 2.05) is 30.8 Å². The summed E-state index contributed by atoms with van der Waals surface area (Å²) in [6, 6.07) is 3.99. The van der Waals surface area contributed by atoms with E-state index in [2.05, 4.69) is 15.6 Å². The summed E-state index contributed by atoms with van der Waals surface area (Å²) in [4.78, 5) is 16.2. The molecule has 1 aromatic rings. The molecule has 18 heavy (non-hydrogen) atoms. The summed E-state index contributed by atoms with van der Waals surface area (Å²) in [5.74, 6) is 3.08. The molecule has 4 nitrogen and oxygen atoms in total. The Balaban J connectivity index is 1.91. The number of amides is 1. The Kier molecular flexibility index (Phi) is 4.87. The van der Waals surface area contributed by atoms with Crippen LogP contribution in [-0.2, 0) is 0 Å². The van der Waals surface area contributed by atoms with E-state index in [1.54, 1.807) is 6.20 Å². The third-order valence-electron chi connectivity index (χ3n) is 2.94. The highest BCUT2D eigenvalue weighted by Crippen LogP contribution is 2.17. The average molecular weight is 265 g/mol. The van der Waals surface area contributed by atoms with Crippen molar-refractivity contribution in [1.29, 1.82) is 0 Å². The quantitative estimate of drug-likeness (QED) is 0.876. The molecule has 0 bridgehead atoms. The van der Waals surface area contributed by atoms with Gasteiger partial charge >= 0.3 is 0 Å². The smallest absolute Gasteiger partial charge is 0.253 e. The number of anilines is 1. The lowest BCUT2D eigenvalue weighted by Gasteiger charge is -2.22. The largest absolute Gasteiger partial charge is 0.370 e. The van der Waals surface area contributed by atoms with Crippen LogP contribution in [0.1, 0.15) is 30.1 Å². The van der Waals surface area contributed by atoms with E-state index in [9.17, 15) is 4.79 Å². The molecule has 1 aliphatic rings. The lowest BCUT2D eigenvalue weighted by molar-refractivity contribution is 0.0934. The van der Waals surface area contributed by atoms with Crippen molar-refractivity contribution in [3.63, 3.8) is 0 Å². The molecule has 0 aromatic carbocycles. The monoisotopic (exact) mass is 265 g/mol. The normalized spacial score (nSPS) is 16.3. The maximum absolute atomic E-state index is 12.0. The van der Waals surface area contributed by atoms with Crippen molar-refractivity contribution >= 4 is 23.5 Å². The molecular weight excluding hydrogens is 246 g/mol. The van der Waals surface area contributed by atoms with Gasteiger partial charge in [-0.25, -0.2) is 4.98 Å². The van der Waals surface area contributed by atoms with E-state index in [0.717, 1.165) is 36.7 Å². The van der Waals surface area contributed by atoms with Crippen LogP contribution in [0, 0.1) is 0 Å². The van der Waals surface area contributed by atoms with E-state index < -0.39 is 0 Å². The van der Waals surface area contributed by atoms with Gasteiger partial charge in [0.15, 0.2) is 0 Å². The number of pyridine rings is 1. The maximum Gasteiger partial charge on any atom is 0.253 e. The molecule has 0 unspecified atom stereocenters. The molecule has 2 rings (SSSR count). The summed E-state index contributed by atoms with van der Waals surface area (Å²) in [5.41, 5.74) is 0.634. The summed E-state index contributed by atoms with van der Waals surface area (Å²) >= 11 is 1.96. The number of thioether (sulfide) groups is 1. The highest BCUT2D eigenvalue weighted by Gasteiger charge is 2.16. The molecule has 0 spiro atoms. The molecule has 2 N–H and O–H groups in total. The van der Waals surface area contributed by atoms with Crippen molar-refractivity contribution in [2.45, 2.75) is 25.8 Å². The number of hydrogen-bond donors (Lipinski definition) is 2. The lowest BCUT2D eigenvalue weighted by Crippen LogP contribution is -2.37. The van der Waals surface area contributed by atoms with Gasteiger partial charge in [-0.15, -0.1) is 0 Å². The number of rotatable bonds is 4. The van der Waals surface area contributed by atoms with Crippen LogP contribution in [0.3, 0.4) is 0 Å². The predicted octanol–water partition coefficient (Wildman–Crippen LogP) is 2.14. The Labute approximate surface area is 112 Å².